The summed E-state index contributed by atoms with van der Waals surface area (Å²) in [6, 6.07) is 12.8. The molecule has 0 aliphatic rings. The lowest BCUT2D eigenvalue weighted by molar-refractivity contribution is -0.117. The van der Waals surface area contributed by atoms with Gasteiger partial charge < -0.3 is 16.4 Å². The van der Waals surface area contributed by atoms with Crippen molar-refractivity contribution in [3.8, 4) is 0 Å². The third kappa shape index (κ3) is 5.93. The van der Waals surface area contributed by atoms with Crippen molar-refractivity contribution < 1.29 is 4.79 Å². The summed E-state index contributed by atoms with van der Waals surface area (Å²) in [5, 5.41) is 5.86. The molecule has 1 aromatic carbocycles. The number of amides is 1. The molecule has 0 aliphatic carbocycles. The summed E-state index contributed by atoms with van der Waals surface area (Å²) in [4.78, 5) is 31.1. The van der Waals surface area contributed by atoms with Crippen molar-refractivity contribution in [2.45, 2.75) is 13.0 Å². The molecule has 0 spiro atoms. The Hall–Kier alpha value is -3.11. The summed E-state index contributed by atoms with van der Waals surface area (Å²) in [6.45, 7) is 2.03. The normalized spacial score (nSPS) is 11.9. The quantitative estimate of drug-likeness (QED) is 0.495. The van der Waals surface area contributed by atoms with E-state index in [4.69, 9.17) is 5.73 Å². The van der Waals surface area contributed by atoms with Crippen molar-refractivity contribution in [1.82, 2.24) is 24.8 Å². The van der Waals surface area contributed by atoms with Crippen molar-refractivity contribution in [3.63, 3.8) is 0 Å². The maximum Gasteiger partial charge on any atom is 0.239 e. The number of halogens is 1. The minimum absolute atomic E-state index is 0.109. The minimum atomic E-state index is -0.264. The van der Waals surface area contributed by atoms with Crippen LogP contribution >= 0.6 is 15.9 Å². The summed E-state index contributed by atoms with van der Waals surface area (Å²) < 4.78 is 0.841. The fourth-order valence-corrected chi connectivity index (χ4v) is 2.73. The third-order valence-electron chi connectivity index (χ3n) is 4.12. The molecule has 4 N–H and O–H groups in total. The Kier molecular flexibility index (Phi) is 6.68. The average molecular weight is 457 g/mol. The first-order chi connectivity index (χ1) is 13.9. The van der Waals surface area contributed by atoms with E-state index >= 15 is 0 Å². The molecule has 3 rings (SSSR count). The zero-order valence-electron chi connectivity index (χ0n) is 16.0. The van der Waals surface area contributed by atoms with Crippen LogP contribution in [0.15, 0.2) is 53.1 Å². The number of para-hydroxylation sites is 1. The van der Waals surface area contributed by atoms with Crippen LogP contribution in [0.5, 0.6) is 0 Å². The lowest BCUT2D eigenvalue weighted by Crippen LogP contribution is -2.33. The largest absolute Gasteiger partial charge is 0.368 e. The average Bonchev–Trinajstić information content (AvgIpc) is 2.69. The van der Waals surface area contributed by atoms with Crippen LogP contribution in [0.25, 0.3) is 0 Å². The Morgan fingerprint density at radius 1 is 1.17 bits per heavy atom. The fraction of sp³-hybridized carbons (Fsp3) is 0.211. The zero-order chi connectivity index (χ0) is 20.8. The summed E-state index contributed by atoms with van der Waals surface area (Å²) in [5.74, 6) is 1.21. The van der Waals surface area contributed by atoms with Gasteiger partial charge in [0.25, 0.3) is 0 Å². The van der Waals surface area contributed by atoms with E-state index in [2.05, 4.69) is 46.5 Å². The molecule has 0 saturated heterocycles. The number of carbonyl (C=O) groups is 1. The molecule has 0 radical (unpaired) electrons. The topological polar surface area (TPSA) is 122 Å². The standard InChI is InChI=1S/C19H21BrN8O/c1-12(28(2)11-16(29)24-15-9-8-13(20)10-22-15)17-25-18(21)27-19(26-17)23-14-6-4-3-5-7-14/h3-10,12H,11H2,1-2H3,(H,22,24,29)(H3,21,23,25,26,27). The molecule has 150 valence electrons. The number of nitrogens with one attached hydrogen (secondary N) is 2. The van der Waals surface area contributed by atoms with Gasteiger partial charge in [-0.1, -0.05) is 18.2 Å². The van der Waals surface area contributed by atoms with E-state index in [9.17, 15) is 4.79 Å². The maximum atomic E-state index is 12.3. The van der Waals surface area contributed by atoms with Crippen molar-refractivity contribution in [2.24, 2.45) is 0 Å². The van der Waals surface area contributed by atoms with E-state index in [1.165, 1.54) is 0 Å². The zero-order valence-corrected chi connectivity index (χ0v) is 17.6. The van der Waals surface area contributed by atoms with Gasteiger partial charge in [0.15, 0.2) is 5.82 Å². The number of rotatable bonds is 7. The van der Waals surface area contributed by atoms with Gasteiger partial charge in [-0.05, 0) is 54.2 Å². The smallest absolute Gasteiger partial charge is 0.239 e. The van der Waals surface area contributed by atoms with Crippen LogP contribution in [-0.4, -0.2) is 44.3 Å². The number of nitrogens with zero attached hydrogens (tertiary/aromatic N) is 5. The number of anilines is 4. The number of pyridine rings is 1. The number of nitrogen functional groups attached to an aromatic ring is 1. The Morgan fingerprint density at radius 2 is 1.93 bits per heavy atom. The molecular formula is C19H21BrN8O. The molecular weight excluding hydrogens is 436 g/mol. The third-order valence-corrected chi connectivity index (χ3v) is 4.59. The number of likely N-dealkylation sites (N-methyl/N-ethyl adjacent to an activating group) is 1. The van der Waals surface area contributed by atoms with Gasteiger partial charge in [0.2, 0.25) is 17.8 Å². The van der Waals surface area contributed by atoms with E-state index in [1.54, 1.807) is 12.3 Å². The molecule has 2 heterocycles. The lowest BCUT2D eigenvalue weighted by atomic mass is 10.2. The number of carbonyl (C=O) groups excluding carboxylic acids is 1. The monoisotopic (exact) mass is 456 g/mol. The van der Waals surface area contributed by atoms with Crippen LogP contribution in [0, 0.1) is 0 Å². The molecule has 9 nitrogen and oxygen atoms in total. The highest BCUT2D eigenvalue weighted by molar-refractivity contribution is 9.10. The molecule has 2 aromatic heterocycles. The predicted octanol–water partition coefficient (Wildman–Crippen LogP) is 2.99. The van der Waals surface area contributed by atoms with E-state index < -0.39 is 0 Å². The van der Waals surface area contributed by atoms with Crippen molar-refractivity contribution in [2.75, 3.05) is 30.0 Å². The van der Waals surface area contributed by atoms with Gasteiger partial charge in [-0.15, -0.1) is 0 Å². The molecule has 1 amide bonds. The Bertz CT molecular complexity index is 968. The minimum Gasteiger partial charge on any atom is -0.368 e. The summed E-state index contributed by atoms with van der Waals surface area (Å²) >= 11 is 3.31. The second-order valence-corrected chi connectivity index (χ2v) is 7.28. The molecule has 0 bridgehead atoms. The Morgan fingerprint density at radius 3 is 2.62 bits per heavy atom. The van der Waals surface area contributed by atoms with Gasteiger partial charge >= 0.3 is 0 Å². The van der Waals surface area contributed by atoms with Gasteiger partial charge in [0, 0.05) is 16.4 Å². The Labute approximate surface area is 176 Å². The van der Waals surface area contributed by atoms with Crippen molar-refractivity contribution >= 4 is 45.2 Å². The van der Waals surface area contributed by atoms with Crippen LogP contribution in [0.2, 0.25) is 0 Å². The van der Waals surface area contributed by atoms with Crippen molar-refractivity contribution in [1.29, 1.82) is 0 Å². The highest BCUT2D eigenvalue weighted by atomic mass is 79.9. The first-order valence-corrected chi connectivity index (χ1v) is 9.65. The van der Waals surface area contributed by atoms with Gasteiger partial charge in [-0.3, -0.25) is 9.69 Å². The number of benzene rings is 1. The lowest BCUT2D eigenvalue weighted by Gasteiger charge is -2.23. The highest BCUT2D eigenvalue weighted by Gasteiger charge is 2.19. The van der Waals surface area contributed by atoms with Crippen LogP contribution in [-0.2, 0) is 4.79 Å². The first kappa shape index (κ1) is 20.6. The van der Waals surface area contributed by atoms with Crippen molar-refractivity contribution in [3.05, 3.63) is 59.0 Å². The summed E-state index contributed by atoms with van der Waals surface area (Å²) in [7, 11) is 1.81. The van der Waals surface area contributed by atoms with Gasteiger partial charge in [-0.2, -0.15) is 15.0 Å². The number of nitrogens with two attached hydrogens (primary N) is 1. The summed E-state index contributed by atoms with van der Waals surface area (Å²) in [5.41, 5.74) is 6.69. The van der Waals surface area contributed by atoms with Crippen LogP contribution < -0.4 is 16.4 Å². The number of hydrogen-bond donors (Lipinski definition) is 3. The first-order valence-electron chi connectivity index (χ1n) is 8.86. The van der Waals surface area contributed by atoms with Gasteiger partial charge in [-0.25, -0.2) is 4.98 Å². The molecule has 10 heteroatoms. The number of aromatic nitrogens is 4. The fourth-order valence-electron chi connectivity index (χ4n) is 2.50. The molecule has 1 unspecified atom stereocenters. The van der Waals surface area contributed by atoms with E-state index in [1.807, 2.05) is 55.3 Å². The van der Waals surface area contributed by atoms with Gasteiger partial charge in [0.05, 0.1) is 12.6 Å². The van der Waals surface area contributed by atoms with E-state index in [0.29, 0.717) is 17.6 Å². The number of hydrogen-bond acceptors (Lipinski definition) is 8. The van der Waals surface area contributed by atoms with E-state index in [0.717, 1.165) is 10.2 Å². The predicted molar refractivity (Wildman–Crippen MR) is 116 cm³/mol. The molecule has 1 atom stereocenters. The second-order valence-electron chi connectivity index (χ2n) is 6.37. The van der Waals surface area contributed by atoms with Crippen LogP contribution in [0.3, 0.4) is 0 Å². The Balaban J connectivity index is 1.66. The SMILES string of the molecule is CC(c1nc(N)nc(Nc2ccccc2)n1)N(C)CC(=O)Nc1ccc(Br)cn1. The van der Waals surface area contributed by atoms with Crippen LogP contribution in [0.1, 0.15) is 18.8 Å². The molecule has 0 aliphatic heterocycles. The highest BCUT2D eigenvalue weighted by Crippen LogP contribution is 2.19. The van der Waals surface area contributed by atoms with Crippen LogP contribution in [0.4, 0.5) is 23.4 Å². The molecule has 29 heavy (non-hydrogen) atoms. The van der Waals surface area contributed by atoms with Gasteiger partial charge in [0.1, 0.15) is 5.82 Å². The second kappa shape index (κ2) is 9.39. The molecule has 0 saturated carbocycles. The van der Waals surface area contributed by atoms with E-state index in [-0.39, 0.29) is 24.4 Å². The summed E-state index contributed by atoms with van der Waals surface area (Å²) in [6.07, 6.45) is 1.62. The molecule has 3 aromatic rings. The molecule has 0 fully saturated rings. The maximum absolute atomic E-state index is 12.3.